The van der Waals surface area contributed by atoms with Crippen molar-refractivity contribution in [1.82, 2.24) is 4.90 Å². The van der Waals surface area contributed by atoms with Gasteiger partial charge in [-0.05, 0) is 31.0 Å². The first-order valence-corrected chi connectivity index (χ1v) is 6.08. The van der Waals surface area contributed by atoms with Gasteiger partial charge in [-0.3, -0.25) is 9.59 Å². The van der Waals surface area contributed by atoms with E-state index in [-0.39, 0.29) is 23.9 Å². The van der Waals surface area contributed by atoms with Gasteiger partial charge in [-0.1, -0.05) is 6.07 Å². The number of aryl methyl sites for hydroxylation is 2. The van der Waals surface area contributed by atoms with Crippen molar-refractivity contribution in [2.24, 2.45) is 0 Å². The molecule has 1 aromatic carbocycles. The van der Waals surface area contributed by atoms with Crippen LogP contribution in [0.25, 0.3) is 0 Å². The summed E-state index contributed by atoms with van der Waals surface area (Å²) >= 11 is 0. The largest absolute Gasteiger partial charge is 0.478 e. The van der Waals surface area contributed by atoms with Crippen LogP contribution in [0.2, 0.25) is 0 Å². The second-order valence-corrected chi connectivity index (χ2v) is 4.71. The molecule has 0 spiro atoms. The molecular formula is C14H18N2O4. The molecule has 0 unspecified atom stereocenters. The number of hydrogen-bond acceptors (Lipinski definition) is 3. The highest BCUT2D eigenvalue weighted by molar-refractivity contribution is 5.97. The number of aromatic carboxylic acids is 1. The van der Waals surface area contributed by atoms with Gasteiger partial charge in [-0.25, -0.2) is 4.79 Å². The van der Waals surface area contributed by atoms with Gasteiger partial charge in [-0.15, -0.1) is 0 Å². The van der Waals surface area contributed by atoms with Gasteiger partial charge < -0.3 is 15.3 Å². The van der Waals surface area contributed by atoms with E-state index >= 15 is 0 Å². The zero-order chi connectivity index (χ0) is 15.4. The number of carboxylic acid groups (broad SMARTS) is 1. The first kappa shape index (κ1) is 15.7. The normalized spacial score (nSPS) is 10.0. The van der Waals surface area contributed by atoms with Crippen molar-refractivity contribution >= 4 is 23.5 Å². The van der Waals surface area contributed by atoms with Crippen LogP contribution < -0.4 is 5.32 Å². The topological polar surface area (TPSA) is 86.7 Å². The second-order valence-electron chi connectivity index (χ2n) is 4.71. The first-order valence-electron chi connectivity index (χ1n) is 6.08. The summed E-state index contributed by atoms with van der Waals surface area (Å²) in [7, 11) is 1.52. The number of hydrogen-bond donors (Lipinski definition) is 2. The number of rotatable bonds is 4. The van der Waals surface area contributed by atoms with E-state index in [1.165, 1.54) is 24.9 Å². The van der Waals surface area contributed by atoms with Gasteiger partial charge >= 0.3 is 5.97 Å². The van der Waals surface area contributed by atoms with Gasteiger partial charge in [0.05, 0.1) is 12.1 Å². The summed E-state index contributed by atoms with van der Waals surface area (Å²) in [5.74, 6) is -1.63. The van der Waals surface area contributed by atoms with Crippen molar-refractivity contribution in [3.05, 3.63) is 28.8 Å². The van der Waals surface area contributed by atoms with Gasteiger partial charge in [0.1, 0.15) is 0 Å². The molecule has 6 nitrogen and oxygen atoms in total. The molecule has 0 aromatic heterocycles. The Morgan fingerprint density at radius 2 is 1.80 bits per heavy atom. The summed E-state index contributed by atoms with van der Waals surface area (Å²) in [6.07, 6.45) is 0. The molecule has 108 valence electrons. The lowest BCUT2D eigenvalue weighted by Crippen LogP contribution is -2.33. The number of amides is 2. The minimum absolute atomic E-state index is 0.0783. The minimum Gasteiger partial charge on any atom is -0.478 e. The Kier molecular flexibility index (Phi) is 4.85. The highest BCUT2D eigenvalue weighted by atomic mass is 16.4. The average Bonchev–Trinajstić information content (AvgIpc) is 2.31. The van der Waals surface area contributed by atoms with Crippen LogP contribution in [0, 0.1) is 13.8 Å². The Balaban J connectivity index is 2.92. The molecule has 2 amide bonds. The zero-order valence-corrected chi connectivity index (χ0v) is 12.0. The number of anilines is 1. The van der Waals surface area contributed by atoms with E-state index in [9.17, 15) is 14.4 Å². The van der Waals surface area contributed by atoms with Crippen molar-refractivity contribution in [3.63, 3.8) is 0 Å². The Bertz CT molecular complexity index is 567. The van der Waals surface area contributed by atoms with Crippen LogP contribution >= 0.6 is 0 Å². The molecule has 0 aliphatic heterocycles. The molecule has 0 saturated carbocycles. The van der Waals surface area contributed by atoms with Crippen LogP contribution in [0.5, 0.6) is 0 Å². The monoisotopic (exact) mass is 278 g/mol. The fourth-order valence-corrected chi connectivity index (χ4v) is 1.73. The number of nitrogens with one attached hydrogen (secondary N) is 1. The number of carbonyl (C=O) groups is 3. The average molecular weight is 278 g/mol. The molecule has 2 N–H and O–H groups in total. The van der Waals surface area contributed by atoms with E-state index < -0.39 is 5.97 Å². The first-order chi connectivity index (χ1) is 9.22. The molecule has 1 rings (SSSR count). The Labute approximate surface area is 117 Å². The van der Waals surface area contributed by atoms with Crippen molar-refractivity contribution < 1.29 is 19.5 Å². The molecule has 0 heterocycles. The van der Waals surface area contributed by atoms with E-state index in [2.05, 4.69) is 5.32 Å². The third kappa shape index (κ3) is 3.81. The third-order valence-corrected chi connectivity index (χ3v) is 2.99. The van der Waals surface area contributed by atoms with Crippen LogP contribution in [0.15, 0.2) is 12.1 Å². The predicted octanol–water partition coefficient (Wildman–Crippen LogP) is 1.42. The number of nitrogens with zero attached hydrogens (tertiary/aromatic N) is 1. The highest BCUT2D eigenvalue weighted by Gasteiger charge is 2.14. The number of likely N-dealkylation sites (N-methyl/N-ethyl adjacent to an activating group) is 1. The lowest BCUT2D eigenvalue weighted by atomic mass is 10.0. The van der Waals surface area contributed by atoms with Crippen LogP contribution in [0.1, 0.15) is 28.4 Å². The van der Waals surface area contributed by atoms with Gasteiger partial charge in [0.2, 0.25) is 11.8 Å². The predicted molar refractivity (Wildman–Crippen MR) is 74.8 cm³/mol. The van der Waals surface area contributed by atoms with Crippen LogP contribution in [0.3, 0.4) is 0 Å². The molecule has 0 radical (unpaired) electrons. The zero-order valence-electron chi connectivity index (χ0n) is 12.0. The molecule has 20 heavy (non-hydrogen) atoms. The summed E-state index contributed by atoms with van der Waals surface area (Å²) in [5, 5.41) is 11.7. The molecular weight excluding hydrogens is 260 g/mol. The maximum atomic E-state index is 11.8. The Hall–Kier alpha value is -2.37. The van der Waals surface area contributed by atoms with E-state index in [0.29, 0.717) is 11.3 Å². The summed E-state index contributed by atoms with van der Waals surface area (Å²) < 4.78 is 0. The van der Waals surface area contributed by atoms with E-state index in [4.69, 9.17) is 5.11 Å². The van der Waals surface area contributed by atoms with Crippen molar-refractivity contribution in [2.45, 2.75) is 20.8 Å². The molecule has 0 fully saturated rings. The van der Waals surface area contributed by atoms with Crippen molar-refractivity contribution in [2.75, 3.05) is 18.9 Å². The number of benzene rings is 1. The van der Waals surface area contributed by atoms with E-state index in [1.807, 2.05) is 0 Å². The highest BCUT2D eigenvalue weighted by Crippen LogP contribution is 2.20. The van der Waals surface area contributed by atoms with Gasteiger partial charge in [0.15, 0.2) is 0 Å². The molecule has 0 bridgehead atoms. The third-order valence-electron chi connectivity index (χ3n) is 2.99. The van der Waals surface area contributed by atoms with Crippen LogP contribution in [-0.4, -0.2) is 41.4 Å². The summed E-state index contributed by atoms with van der Waals surface area (Å²) in [6, 6.07) is 3.13. The van der Waals surface area contributed by atoms with E-state index in [1.54, 1.807) is 19.9 Å². The van der Waals surface area contributed by atoms with Crippen molar-refractivity contribution in [3.8, 4) is 0 Å². The van der Waals surface area contributed by atoms with Crippen LogP contribution in [0.4, 0.5) is 5.69 Å². The van der Waals surface area contributed by atoms with Gasteiger partial charge in [0, 0.05) is 19.7 Å². The summed E-state index contributed by atoms with van der Waals surface area (Å²) in [5.41, 5.74) is 1.99. The molecule has 6 heteroatoms. The molecule has 0 atom stereocenters. The summed E-state index contributed by atoms with van der Waals surface area (Å²) in [4.78, 5) is 35.2. The minimum atomic E-state index is -1.04. The van der Waals surface area contributed by atoms with Crippen LogP contribution in [-0.2, 0) is 9.59 Å². The fourth-order valence-electron chi connectivity index (χ4n) is 1.73. The smallest absolute Gasteiger partial charge is 0.336 e. The Morgan fingerprint density at radius 1 is 1.20 bits per heavy atom. The van der Waals surface area contributed by atoms with Gasteiger partial charge in [0.25, 0.3) is 0 Å². The molecule has 0 saturated heterocycles. The lowest BCUT2D eigenvalue weighted by molar-refractivity contribution is -0.131. The second kappa shape index (κ2) is 6.18. The number of carboxylic acids is 1. The van der Waals surface area contributed by atoms with Crippen molar-refractivity contribution in [1.29, 1.82) is 0 Å². The lowest BCUT2D eigenvalue weighted by Gasteiger charge is -2.16. The number of carbonyl (C=O) groups excluding carboxylic acids is 2. The maximum absolute atomic E-state index is 11.8. The Morgan fingerprint density at radius 3 is 2.30 bits per heavy atom. The quantitative estimate of drug-likeness (QED) is 0.872. The molecule has 1 aromatic rings. The molecule has 0 aliphatic rings. The fraction of sp³-hybridized carbons (Fsp3) is 0.357. The molecule has 0 aliphatic carbocycles. The van der Waals surface area contributed by atoms with Gasteiger partial charge in [-0.2, -0.15) is 0 Å². The maximum Gasteiger partial charge on any atom is 0.336 e. The van der Waals surface area contributed by atoms with E-state index in [0.717, 1.165) is 5.56 Å². The standard InChI is InChI=1S/C14H18N2O4/c1-8-5-9(2)12(6-11(8)14(19)20)15-13(18)7-16(4)10(3)17/h5-6H,7H2,1-4H3,(H,15,18)(H,19,20). The SMILES string of the molecule is CC(=O)N(C)CC(=O)Nc1cc(C(=O)O)c(C)cc1C. The summed E-state index contributed by atoms with van der Waals surface area (Å²) in [6.45, 7) is 4.77.